The summed E-state index contributed by atoms with van der Waals surface area (Å²) in [4.78, 5) is 20.9. The van der Waals surface area contributed by atoms with E-state index in [1.165, 1.54) is 19.3 Å². The van der Waals surface area contributed by atoms with Crippen molar-refractivity contribution in [3.63, 3.8) is 0 Å². The lowest BCUT2D eigenvalue weighted by atomic mass is 9.52. The van der Waals surface area contributed by atoms with Crippen LogP contribution in [0.15, 0.2) is 18.5 Å². The molecule has 7 heteroatoms. The topological polar surface area (TPSA) is 93.3 Å². The van der Waals surface area contributed by atoms with Gasteiger partial charge in [-0.2, -0.15) is 0 Å². The number of aromatic nitrogens is 2. The number of aliphatic hydroxyl groups is 1. The Balaban J connectivity index is 1.31. The van der Waals surface area contributed by atoms with Gasteiger partial charge < -0.3 is 15.4 Å². The molecule has 7 rings (SSSR count). The number of hydrogen-bond acceptors (Lipinski definition) is 5. The maximum Gasteiger partial charge on any atom is 0.269 e. The van der Waals surface area contributed by atoms with Crippen LogP contribution in [0.5, 0.6) is 0 Å². The smallest absolute Gasteiger partial charge is 0.269 e. The molecule has 0 radical (unpaired) electrons. The molecule has 1 saturated heterocycles. The van der Waals surface area contributed by atoms with Gasteiger partial charge in [-0.1, -0.05) is 6.42 Å². The van der Waals surface area contributed by atoms with E-state index < -0.39 is 5.60 Å². The van der Waals surface area contributed by atoms with Crippen molar-refractivity contribution in [3.8, 4) is 0 Å². The van der Waals surface area contributed by atoms with Crippen LogP contribution in [-0.2, 0) is 0 Å². The van der Waals surface area contributed by atoms with Gasteiger partial charge in [0.1, 0.15) is 5.65 Å². The van der Waals surface area contributed by atoms with Crippen LogP contribution in [0.1, 0.15) is 61.7 Å². The molecule has 5 atom stereocenters. The summed E-state index contributed by atoms with van der Waals surface area (Å²) < 4.78 is 0. The summed E-state index contributed by atoms with van der Waals surface area (Å²) in [7, 11) is 0. The van der Waals surface area contributed by atoms with Crippen molar-refractivity contribution in [2.75, 3.05) is 18.4 Å². The fourth-order valence-corrected chi connectivity index (χ4v) is 6.93. The second-order valence-electron chi connectivity index (χ2n) is 10.1. The molecule has 160 valence electrons. The summed E-state index contributed by atoms with van der Waals surface area (Å²) in [6, 6.07) is 2.32. The number of hydrazine groups is 1. The highest BCUT2D eigenvalue weighted by Gasteiger charge is 2.54. The second-order valence-corrected chi connectivity index (χ2v) is 10.1. The number of fused-ring (bicyclic) bond motifs is 1. The first-order valence-electron chi connectivity index (χ1n) is 11.6. The zero-order valence-electron chi connectivity index (χ0n) is 17.4. The first-order chi connectivity index (χ1) is 14.6. The summed E-state index contributed by atoms with van der Waals surface area (Å²) in [5, 5.41) is 17.7. The van der Waals surface area contributed by atoms with Crippen LogP contribution in [0.25, 0.3) is 11.0 Å². The number of aromatic amines is 1. The molecule has 1 aliphatic heterocycles. The van der Waals surface area contributed by atoms with Crippen molar-refractivity contribution >= 4 is 22.6 Å². The minimum Gasteiger partial charge on any atom is -0.390 e. The number of hydrogen-bond donors (Lipinski definition) is 4. The molecular weight excluding hydrogens is 378 g/mol. The van der Waals surface area contributed by atoms with E-state index in [2.05, 4.69) is 20.7 Å². The van der Waals surface area contributed by atoms with Gasteiger partial charge in [-0.15, -0.1) is 0 Å². The molecule has 7 nitrogen and oxygen atoms in total. The number of carbonyl (C=O) groups is 1. The predicted molar refractivity (Wildman–Crippen MR) is 115 cm³/mol. The Bertz CT molecular complexity index is 950. The maximum absolute atomic E-state index is 13.2. The number of piperidine rings is 1. The number of nitrogens with zero attached hydrogens (tertiary/aromatic N) is 2. The lowest BCUT2D eigenvalue weighted by Gasteiger charge is -2.58. The molecule has 3 heterocycles. The minimum absolute atomic E-state index is 0.0857. The number of H-pyrrole nitrogens is 1. The van der Waals surface area contributed by atoms with Gasteiger partial charge in [0.15, 0.2) is 0 Å². The summed E-state index contributed by atoms with van der Waals surface area (Å²) >= 11 is 0. The first-order valence-corrected chi connectivity index (χ1v) is 11.6. The number of pyridine rings is 1. The highest BCUT2D eigenvalue weighted by atomic mass is 16.3. The van der Waals surface area contributed by atoms with Gasteiger partial charge in [0.2, 0.25) is 0 Å². The van der Waals surface area contributed by atoms with Crippen LogP contribution in [0.4, 0.5) is 5.69 Å². The zero-order valence-corrected chi connectivity index (χ0v) is 17.4. The lowest BCUT2D eigenvalue weighted by molar-refractivity contribution is -0.129. The van der Waals surface area contributed by atoms with E-state index in [1.807, 2.05) is 17.3 Å². The summed E-state index contributed by atoms with van der Waals surface area (Å²) in [6.07, 6.45) is 12.2. The van der Waals surface area contributed by atoms with Crippen LogP contribution < -0.4 is 10.7 Å². The predicted octanol–water partition coefficient (Wildman–Crippen LogP) is 3.05. The molecule has 1 amide bonds. The number of anilines is 1. The van der Waals surface area contributed by atoms with E-state index in [-0.39, 0.29) is 5.91 Å². The quantitative estimate of drug-likeness (QED) is 0.623. The molecular formula is C23H31N5O2. The number of carbonyl (C=O) groups excluding carboxylic acids is 1. The van der Waals surface area contributed by atoms with Gasteiger partial charge >= 0.3 is 0 Å². The van der Waals surface area contributed by atoms with Crippen molar-refractivity contribution < 1.29 is 9.90 Å². The third-order valence-corrected chi connectivity index (χ3v) is 8.00. The van der Waals surface area contributed by atoms with Gasteiger partial charge in [-0.05, 0) is 68.8 Å². The van der Waals surface area contributed by atoms with Crippen molar-refractivity contribution in [2.24, 2.45) is 17.8 Å². The Hall–Kier alpha value is -2.12. The molecule has 0 aromatic carbocycles. The molecule has 30 heavy (non-hydrogen) atoms. The van der Waals surface area contributed by atoms with Crippen molar-refractivity contribution in [1.82, 2.24) is 20.4 Å². The molecule has 4 aliphatic carbocycles. The molecule has 2 aromatic heterocycles. The standard InChI is InChI=1S/C23H31N5O2/c29-22(27-28-6-2-1-3-7-28)18-13-25-21-17(4-5-24-21)20(18)26-19-15-8-14-9-16(19)12-23(30,10-14)11-15/h4-5,13-16,19,30H,1-3,6-12H2,(H,27,29)(H2,24,25,26)/t14?,15-,16+,19?,23?. The summed E-state index contributed by atoms with van der Waals surface area (Å²) in [5.74, 6) is 1.53. The van der Waals surface area contributed by atoms with Crippen molar-refractivity contribution in [1.29, 1.82) is 0 Å². The highest BCUT2D eigenvalue weighted by molar-refractivity contribution is 6.06. The Morgan fingerprint density at radius 2 is 1.93 bits per heavy atom. The maximum atomic E-state index is 13.2. The van der Waals surface area contributed by atoms with Gasteiger partial charge in [0.05, 0.1) is 16.9 Å². The second kappa shape index (κ2) is 6.95. The van der Waals surface area contributed by atoms with Gasteiger partial charge in [0.25, 0.3) is 5.91 Å². The fourth-order valence-electron chi connectivity index (χ4n) is 6.93. The van der Waals surface area contributed by atoms with E-state index in [1.54, 1.807) is 6.20 Å². The van der Waals surface area contributed by atoms with E-state index >= 15 is 0 Å². The normalized spacial score (nSPS) is 35.6. The molecule has 3 unspecified atom stereocenters. The van der Waals surface area contributed by atoms with Crippen LogP contribution in [0.3, 0.4) is 0 Å². The van der Waals surface area contributed by atoms with Gasteiger partial charge in [-0.3, -0.25) is 10.2 Å². The third-order valence-electron chi connectivity index (χ3n) is 8.00. The molecule has 5 aliphatic rings. The number of nitrogens with one attached hydrogen (secondary N) is 3. The van der Waals surface area contributed by atoms with Crippen molar-refractivity contribution in [2.45, 2.75) is 63.0 Å². The SMILES string of the molecule is O=C(NN1CCCCC1)c1cnc2[nH]ccc2c1NC1[C@@H]2CC3C[C@H]1CC(O)(C3)C2. The molecule has 5 fully saturated rings. The molecule has 4 N–H and O–H groups in total. The van der Waals surface area contributed by atoms with E-state index in [9.17, 15) is 9.90 Å². The first kappa shape index (κ1) is 18.6. The largest absolute Gasteiger partial charge is 0.390 e. The van der Waals surface area contributed by atoms with Crippen LogP contribution >= 0.6 is 0 Å². The minimum atomic E-state index is -0.454. The Labute approximate surface area is 176 Å². The molecule has 4 saturated carbocycles. The molecule has 4 bridgehead atoms. The third kappa shape index (κ3) is 3.10. The summed E-state index contributed by atoms with van der Waals surface area (Å²) in [6.45, 7) is 1.81. The monoisotopic (exact) mass is 409 g/mol. The number of amides is 1. The number of rotatable bonds is 4. The van der Waals surface area contributed by atoms with E-state index in [0.29, 0.717) is 29.4 Å². The van der Waals surface area contributed by atoms with Gasteiger partial charge in [-0.25, -0.2) is 9.99 Å². The average molecular weight is 410 g/mol. The summed E-state index contributed by atoms with van der Waals surface area (Å²) in [5.41, 5.74) is 4.95. The fraction of sp³-hybridized carbons (Fsp3) is 0.652. The van der Waals surface area contributed by atoms with Gasteiger partial charge in [0, 0.05) is 36.9 Å². The average Bonchev–Trinajstić information content (AvgIpc) is 3.19. The zero-order chi connectivity index (χ0) is 20.3. The Morgan fingerprint density at radius 1 is 1.17 bits per heavy atom. The van der Waals surface area contributed by atoms with Crippen LogP contribution in [0.2, 0.25) is 0 Å². The molecule has 0 spiro atoms. The Morgan fingerprint density at radius 3 is 2.67 bits per heavy atom. The lowest BCUT2D eigenvalue weighted by Crippen LogP contribution is -2.59. The van der Waals surface area contributed by atoms with Crippen LogP contribution in [0, 0.1) is 17.8 Å². The van der Waals surface area contributed by atoms with E-state index in [0.717, 1.165) is 61.9 Å². The molecule has 2 aromatic rings. The van der Waals surface area contributed by atoms with Crippen LogP contribution in [-0.4, -0.2) is 50.7 Å². The van der Waals surface area contributed by atoms with E-state index in [4.69, 9.17) is 0 Å². The van der Waals surface area contributed by atoms with Crippen molar-refractivity contribution in [3.05, 3.63) is 24.0 Å². The Kier molecular flexibility index (Phi) is 4.32. The highest BCUT2D eigenvalue weighted by Crippen LogP contribution is 2.56.